The molecular weight excluding hydrogens is 798 g/mol. The van der Waals surface area contributed by atoms with Crippen LogP contribution in [0.15, 0.2) is 36.5 Å². The van der Waals surface area contributed by atoms with Crippen LogP contribution in [0.1, 0.15) is 232 Å². The smallest absolute Gasteiger partial charge is 0.306 e. The second kappa shape index (κ2) is 44.4. The van der Waals surface area contributed by atoms with Crippen LogP contribution < -0.4 is 4.89 Å². The molecule has 62 heavy (non-hydrogen) atoms. The van der Waals surface area contributed by atoms with E-state index < -0.39 is 26.5 Å². The Bertz CT molecular complexity index is 1150. The van der Waals surface area contributed by atoms with E-state index >= 15 is 0 Å². The van der Waals surface area contributed by atoms with Gasteiger partial charge in [-0.2, -0.15) is 0 Å². The lowest BCUT2D eigenvalue weighted by atomic mass is 10.0. The van der Waals surface area contributed by atoms with Gasteiger partial charge in [-0.1, -0.05) is 211 Å². The molecule has 0 aliphatic rings. The quantitative estimate of drug-likeness (QED) is 0.0195. The summed E-state index contributed by atoms with van der Waals surface area (Å²) < 4.78 is 34.0. The fourth-order valence-corrected chi connectivity index (χ4v) is 7.93. The number of allylic oxidation sites excluding steroid dienone is 6. The molecule has 0 fully saturated rings. The van der Waals surface area contributed by atoms with E-state index in [1.54, 1.807) is 0 Å². The molecule has 0 N–H and O–H groups in total. The number of phosphoric acid groups is 1. The molecule has 0 aliphatic carbocycles. The van der Waals surface area contributed by atoms with E-state index in [0.29, 0.717) is 17.4 Å². The maximum absolute atomic E-state index is 12.7. The minimum Gasteiger partial charge on any atom is -0.756 e. The molecule has 0 saturated carbocycles. The molecule has 10 heteroatoms. The van der Waals surface area contributed by atoms with Crippen molar-refractivity contribution < 1.29 is 42.1 Å². The van der Waals surface area contributed by atoms with Gasteiger partial charge >= 0.3 is 11.9 Å². The maximum atomic E-state index is 12.7. The van der Waals surface area contributed by atoms with Gasteiger partial charge in [0, 0.05) is 12.8 Å². The van der Waals surface area contributed by atoms with Crippen molar-refractivity contribution in [2.24, 2.45) is 0 Å². The Hall–Kier alpha value is -1.77. The summed E-state index contributed by atoms with van der Waals surface area (Å²) in [6, 6.07) is 0. The number of phosphoric ester groups is 1. The highest BCUT2D eigenvalue weighted by Crippen LogP contribution is 2.38. The minimum absolute atomic E-state index is 0.0320. The molecule has 0 radical (unpaired) electrons. The SMILES string of the molecule is CC/C=C\C/C=C\C/C=C\CCCCCCCCCC(=O)OC(COC(=O)CCCCCCCCCCCCCCCCCCCCCCC)COP(=O)([O-])OCC[N+](C)(C)C. The molecule has 0 aromatic heterocycles. The van der Waals surface area contributed by atoms with E-state index in [1.807, 2.05) is 21.1 Å². The van der Waals surface area contributed by atoms with E-state index in [1.165, 1.54) is 135 Å². The van der Waals surface area contributed by atoms with Crippen molar-refractivity contribution in [2.75, 3.05) is 47.5 Å². The van der Waals surface area contributed by atoms with Crippen LogP contribution in [-0.4, -0.2) is 70.0 Å². The first-order chi connectivity index (χ1) is 30.0. The largest absolute Gasteiger partial charge is 0.756 e. The number of rotatable bonds is 47. The van der Waals surface area contributed by atoms with Gasteiger partial charge in [-0.15, -0.1) is 0 Å². The highest BCUT2D eigenvalue weighted by molar-refractivity contribution is 7.45. The summed E-state index contributed by atoms with van der Waals surface area (Å²) in [6.45, 7) is 4.14. The van der Waals surface area contributed by atoms with E-state index in [4.69, 9.17) is 18.5 Å². The number of carbonyl (C=O) groups is 2. The van der Waals surface area contributed by atoms with E-state index in [2.05, 4.69) is 50.3 Å². The summed E-state index contributed by atoms with van der Waals surface area (Å²) in [6.07, 6.45) is 51.8. The molecular formula is C52H98NO8P. The van der Waals surface area contributed by atoms with Crippen LogP contribution in [0.5, 0.6) is 0 Å². The Morgan fingerprint density at radius 2 is 0.919 bits per heavy atom. The Morgan fingerprint density at radius 1 is 0.516 bits per heavy atom. The van der Waals surface area contributed by atoms with Crippen LogP contribution in [0.25, 0.3) is 0 Å². The van der Waals surface area contributed by atoms with Crippen LogP contribution in [-0.2, 0) is 32.7 Å². The molecule has 0 rings (SSSR count). The zero-order chi connectivity index (χ0) is 45.7. The monoisotopic (exact) mass is 896 g/mol. The van der Waals surface area contributed by atoms with Crippen LogP contribution in [0.3, 0.4) is 0 Å². The van der Waals surface area contributed by atoms with Gasteiger partial charge in [0.25, 0.3) is 7.82 Å². The van der Waals surface area contributed by atoms with Gasteiger partial charge in [0.15, 0.2) is 6.10 Å². The van der Waals surface area contributed by atoms with Gasteiger partial charge in [-0.3, -0.25) is 14.2 Å². The number of likely N-dealkylation sites (N-methyl/N-ethyl adjacent to an activating group) is 1. The van der Waals surface area contributed by atoms with E-state index in [9.17, 15) is 19.0 Å². The van der Waals surface area contributed by atoms with Crippen molar-refractivity contribution in [1.82, 2.24) is 0 Å². The number of nitrogens with zero attached hydrogens (tertiary/aromatic N) is 1. The van der Waals surface area contributed by atoms with Gasteiger partial charge in [-0.25, -0.2) is 0 Å². The molecule has 0 aromatic rings. The molecule has 0 spiro atoms. The fourth-order valence-electron chi connectivity index (χ4n) is 7.20. The van der Waals surface area contributed by atoms with Gasteiger partial charge < -0.3 is 27.9 Å². The van der Waals surface area contributed by atoms with Gasteiger partial charge in [0.05, 0.1) is 27.7 Å². The Balaban J connectivity index is 4.22. The molecule has 0 saturated heterocycles. The number of esters is 2. The highest BCUT2D eigenvalue weighted by Gasteiger charge is 2.21. The third-order valence-electron chi connectivity index (χ3n) is 11.2. The Labute approximate surface area is 382 Å². The molecule has 2 unspecified atom stereocenters. The second-order valence-corrected chi connectivity index (χ2v) is 19.9. The maximum Gasteiger partial charge on any atom is 0.306 e. The van der Waals surface area contributed by atoms with Gasteiger partial charge in [0.1, 0.15) is 19.8 Å². The molecule has 9 nitrogen and oxygen atoms in total. The Morgan fingerprint density at radius 3 is 1.37 bits per heavy atom. The van der Waals surface area contributed by atoms with Crippen LogP contribution in [0.2, 0.25) is 0 Å². The number of hydrogen-bond acceptors (Lipinski definition) is 8. The first kappa shape index (κ1) is 60.2. The summed E-state index contributed by atoms with van der Waals surface area (Å²) in [4.78, 5) is 37.7. The molecule has 0 aromatic carbocycles. The number of unbranched alkanes of at least 4 members (excludes halogenated alkanes) is 27. The summed E-state index contributed by atoms with van der Waals surface area (Å²) >= 11 is 0. The zero-order valence-corrected chi connectivity index (χ0v) is 42.0. The number of quaternary nitrogens is 1. The number of ether oxygens (including phenoxy) is 2. The van der Waals surface area contributed by atoms with Crippen LogP contribution >= 0.6 is 7.82 Å². The predicted molar refractivity (Wildman–Crippen MR) is 259 cm³/mol. The highest BCUT2D eigenvalue weighted by atomic mass is 31.2. The van der Waals surface area contributed by atoms with Crippen molar-refractivity contribution in [1.29, 1.82) is 0 Å². The van der Waals surface area contributed by atoms with Gasteiger partial charge in [-0.05, 0) is 44.9 Å². The molecule has 0 heterocycles. The average molecular weight is 896 g/mol. The molecule has 2 atom stereocenters. The fraction of sp³-hybridized carbons (Fsp3) is 0.846. The summed E-state index contributed by atoms with van der Waals surface area (Å²) in [5.74, 6) is -0.836. The summed E-state index contributed by atoms with van der Waals surface area (Å²) in [7, 11) is 1.16. The first-order valence-corrected chi connectivity index (χ1v) is 27.2. The van der Waals surface area contributed by atoms with Crippen molar-refractivity contribution in [3.05, 3.63) is 36.5 Å². The lowest BCUT2D eigenvalue weighted by Crippen LogP contribution is -2.37. The number of hydrogen-bond donors (Lipinski definition) is 0. The van der Waals surface area contributed by atoms with Crippen LogP contribution in [0, 0.1) is 0 Å². The topological polar surface area (TPSA) is 111 Å². The Kier molecular flexibility index (Phi) is 43.2. The van der Waals surface area contributed by atoms with Gasteiger partial charge in [0.2, 0.25) is 0 Å². The zero-order valence-electron chi connectivity index (χ0n) is 41.1. The number of carbonyl (C=O) groups excluding carboxylic acids is 2. The van der Waals surface area contributed by atoms with Crippen LogP contribution in [0.4, 0.5) is 0 Å². The molecule has 0 aliphatic heterocycles. The first-order valence-electron chi connectivity index (χ1n) is 25.7. The van der Waals surface area contributed by atoms with Crippen molar-refractivity contribution >= 4 is 19.8 Å². The average Bonchev–Trinajstić information content (AvgIpc) is 3.23. The second-order valence-electron chi connectivity index (χ2n) is 18.5. The molecule has 0 amide bonds. The summed E-state index contributed by atoms with van der Waals surface area (Å²) in [5, 5.41) is 0. The third-order valence-corrected chi connectivity index (χ3v) is 12.1. The van der Waals surface area contributed by atoms with Crippen molar-refractivity contribution in [3.63, 3.8) is 0 Å². The van der Waals surface area contributed by atoms with E-state index in [-0.39, 0.29) is 32.0 Å². The normalized spacial score (nSPS) is 13.7. The van der Waals surface area contributed by atoms with Crippen molar-refractivity contribution in [2.45, 2.75) is 238 Å². The van der Waals surface area contributed by atoms with Crippen molar-refractivity contribution in [3.8, 4) is 0 Å². The minimum atomic E-state index is -4.63. The molecule has 0 bridgehead atoms. The standard InChI is InChI=1S/C52H98NO8P/c1-6-8-10-12-14-16-18-20-22-24-25-26-27-29-30-32-34-36-38-40-42-44-51(54)58-48-50(49-60-62(56,57)59-47-46-53(3,4)5)61-52(55)45-43-41-39-37-35-33-31-28-23-21-19-17-15-13-11-9-7-2/h9,11,15,17,21,23,50H,6-8,10,12-14,16,18-20,22,24-49H2,1-5H3/b11-9-,17-15-,23-21-. The third kappa shape index (κ3) is 47.7. The lowest BCUT2D eigenvalue weighted by Gasteiger charge is -2.28. The summed E-state index contributed by atoms with van der Waals surface area (Å²) in [5.41, 5.74) is 0. The van der Waals surface area contributed by atoms with E-state index in [0.717, 1.165) is 64.2 Å². The molecule has 364 valence electrons. The lowest BCUT2D eigenvalue weighted by molar-refractivity contribution is -0.870. The predicted octanol–water partition coefficient (Wildman–Crippen LogP) is 14.6.